The Labute approximate surface area is 176 Å². The zero-order chi connectivity index (χ0) is 21.3. The molecule has 0 saturated carbocycles. The summed E-state index contributed by atoms with van der Waals surface area (Å²) in [7, 11) is 0. The van der Waals surface area contributed by atoms with Crippen LogP contribution < -0.4 is 0 Å². The fourth-order valence-corrected chi connectivity index (χ4v) is 3.94. The molecule has 0 bridgehead atoms. The van der Waals surface area contributed by atoms with Gasteiger partial charge in [0.1, 0.15) is 18.3 Å². The second-order valence-corrected chi connectivity index (χ2v) is 8.24. The van der Waals surface area contributed by atoms with Gasteiger partial charge < -0.3 is 24.8 Å². The van der Waals surface area contributed by atoms with Gasteiger partial charge in [0.15, 0.2) is 0 Å². The predicted octanol–water partition coefficient (Wildman–Crippen LogP) is 3.01. The average Bonchev–Trinajstić information content (AvgIpc) is 3.01. The molecule has 3 N–H and O–H groups in total. The summed E-state index contributed by atoms with van der Waals surface area (Å²) in [5.41, 5.74) is 4.55. The Morgan fingerprint density at radius 1 is 1.21 bits per heavy atom. The Balaban J connectivity index is 1.79. The van der Waals surface area contributed by atoms with Crippen molar-refractivity contribution in [3.05, 3.63) is 69.8 Å². The number of hydrogen-bond donors (Lipinski definition) is 3. The van der Waals surface area contributed by atoms with E-state index in [1.165, 1.54) is 11.1 Å². The summed E-state index contributed by atoms with van der Waals surface area (Å²) in [4.78, 5) is 0. The maximum Gasteiger partial charge on any atom is 0.224 e. The highest BCUT2D eigenvalue weighted by Crippen LogP contribution is 2.44. The van der Waals surface area contributed by atoms with Crippen molar-refractivity contribution in [3.63, 3.8) is 0 Å². The maximum atomic E-state index is 10.5. The molecule has 2 aliphatic heterocycles. The van der Waals surface area contributed by atoms with Crippen molar-refractivity contribution in [2.24, 2.45) is 0 Å². The van der Waals surface area contributed by atoms with E-state index in [-0.39, 0.29) is 6.61 Å². The minimum absolute atomic E-state index is 0.139. The van der Waals surface area contributed by atoms with Crippen molar-refractivity contribution in [1.29, 1.82) is 0 Å². The molecule has 2 aliphatic rings. The number of aliphatic hydroxyl groups is 3. The first-order valence-corrected chi connectivity index (χ1v) is 10.3. The summed E-state index contributed by atoms with van der Waals surface area (Å²) in [5.74, 6) is -1.58. The quantitative estimate of drug-likeness (QED) is 0.697. The van der Waals surface area contributed by atoms with Crippen molar-refractivity contribution in [3.8, 4) is 0 Å². The summed E-state index contributed by atoms with van der Waals surface area (Å²) >= 11 is 6.54. The van der Waals surface area contributed by atoms with Crippen LogP contribution in [0.4, 0.5) is 0 Å². The maximum absolute atomic E-state index is 10.5. The molecule has 1 spiro atoms. The summed E-state index contributed by atoms with van der Waals surface area (Å²) < 4.78 is 11.5. The second-order valence-electron chi connectivity index (χ2n) is 7.83. The van der Waals surface area contributed by atoms with Crippen LogP contribution in [0, 0.1) is 0 Å². The normalized spacial score (nSPS) is 34.7. The Bertz CT molecular complexity index is 828. The first-order valence-electron chi connectivity index (χ1n) is 9.89. The largest absolute Gasteiger partial charge is 0.388 e. The molecule has 0 unspecified atom stereocenters. The summed E-state index contributed by atoms with van der Waals surface area (Å²) in [5, 5.41) is 31.2. The van der Waals surface area contributed by atoms with Gasteiger partial charge in [0.05, 0.1) is 12.7 Å². The molecule has 0 amide bonds. The summed E-state index contributed by atoms with van der Waals surface area (Å²) in [6.45, 7) is 9.86. The second kappa shape index (κ2) is 8.72. The van der Waals surface area contributed by atoms with Gasteiger partial charge in [-0.05, 0) is 49.5 Å². The highest BCUT2D eigenvalue weighted by molar-refractivity contribution is 6.31. The Kier molecular flexibility index (Phi) is 6.68. The lowest BCUT2D eigenvalue weighted by atomic mass is 9.87. The molecule has 5 nitrogen and oxygen atoms in total. The summed E-state index contributed by atoms with van der Waals surface area (Å²) in [6.07, 6.45) is -1.28. The van der Waals surface area contributed by atoms with Crippen LogP contribution in [-0.2, 0) is 22.3 Å². The van der Waals surface area contributed by atoms with E-state index < -0.39 is 30.2 Å². The zero-order valence-corrected chi connectivity index (χ0v) is 17.8. The van der Waals surface area contributed by atoms with E-state index >= 15 is 0 Å². The number of hydrogen-bond acceptors (Lipinski definition) is 5. The van der Waals surface area contributed by atoms with Crippen molar-refractivity contribution in [1.82, 2.24) is 0 Å². The number of rotatable bonds is 4. The number of aliphatic hydroxyl groups excluding tert-OH is 3. The molecule has 2 heterocycles. The average molecular weight is 421 g/mol. The standard InChI is InChI=1S/C23H29ClO5/c1-5-16-6-8-17(9-7-16)10-13(2)19(24)11-18-12-28-23(14(18)3)22(27)21(26)20(25)15(4)29-23/h6-9,11,15,20-22,25-27H,3,5,10,12H2,1-2,4H3/b18-11-,19-13-/t15-,20-,21+,22-,23+/m1/s1. The van der Waals surface area contributed by atoms with Crippen LogP contribution in [0.5, 0.6) is 0 Å². The van der Waals surface area contributed by atoms with Gasteiger partial charge in [-0.2, -0.15) is 0 Å². The number of ether oxygens (including phenoxy) is 2. The zero-order valence-electron chi connectivity index (χ0n) is 17.1. The van der Waals surface area contributed by atoms with Gasteiger partial charge in [-0.3, -0.25) is 0 Å². The third-order valence-electron chi connectivity index (χ3n) is 5.76. The van der Waals surface area contributed by atoms with E-state index in [1.54, 1.807) is 13.0 Å². The monoisotopic (exact) mass is 420 g/mol. The predicted molar refractivity (Wildman–Crippen MR) is 113 cm³/mol. The molecule has 0 aliphatic carbocycles. The van der Waals surface area contributed by atoms with Gasteiger partial charge in [0.2, 0.25) is 5.79 Å². The van der Waals surface area contributed by atoms with E-state index in [1.807, 2.05) is 6.92 Å². The minimum atomic E-state index is -1.58. The van der Waals surface area contributed by atoms with E-state index in [0.717, 1.165) is 12.0 Å². The van der Waals surface area contributed by atoms with E-state index in [4.69, 9.17) is 21.1 Å². The van der Waals surface area contributed by atoms with Gasteiger partial charge in [-0.25, -0.2) is 0 Å². The first kappa shape index (κ1) is 22.2. The molecule has 5 atom stereocenters. The molecule has 158 valence electrons. The number of benzene rings is 1. The fraction of sp³-hybridized carbons (Fsp3) is 0.478. The van der Waals surface area contributed by atoms with Crippen LogP contribution in [0.25, 0.3) is 0 Å². The van der Waals surface area contributed by atoms with Gasteiger partial charge in [0.25, 0.3) is 0 Å². The third kappa shape index (κ3) is 4.22. The van der Waals surface area contributed by atoms with E-state index in [0.29, 0.717) is 22.6 Å². The molecule has 29 heavy (non-hydrogen) atoms. The highest BCUT2D eigenvalue weighted by Gasteiger charge is 2.58. The van der Waals surface area contributed by atoms with Gasteiger partial charge in [-0.1, -0.05) is 54.9 Å². The molecule has 1 aromatic carbocycles. The number of aryl methyl sites for hydroxylation is 1. The topological polar surface area (TPSA) is 79.2 Å². The first-order chi connectivity index (χ1) is 13.7. The van der Waals surface area contributed by atoms with Crippen molar-refractivity contribution < 1.29 is 24.8 Å². The lowest BCUT2D eigenvalue weighted by Gasteiger charge is -2.45. The fourth-order valence-electron chi connectivity index (χ4n) is 3.75. The van der Waals surface area contributed by atoms with Crippen LogP contribution in [0.1, 0.15) is 31.9 Å². The van der Waals surface area contributed by atoms with Crippen molar-refractivity contribution in [2.45, 2.75) is 63.8 Å². The highest BCUT2D eigenvalue weighted by atomic mass is 35.5. The van der Waals surface area contributed by atoms with Gasteiger partial charge >= 0.3 is 0 Å². The molecule has 6 heteroatoms. The SMILES string of the molecule is C=C1/C(=C\C(Cl)=C(/C)Cc2ccc(CC)cc2)CO[C@]12O[C@H](C)[C@@H](O)[C@H](O)[C@H]2O. The molecule has 3 rings (SSSR count). The molecule has 2 fully saturated rings. The van der Waals surface area contributed by atoms with Crippen LogP contribution in [0.15, 0.2) is 58.7 Å². The molecule has 2 saturated heterocycles. The smallest absolute Gasteiger partial charge is 0.224 e. The lowest BCUT2D eigenvalue weighted by molar-refractivity contribution is -0.328. The van der Waals surface area contributed by atoms with E-state index in [9.17, 15) is 15.3 Å². The van der Waals surface area contributed by atoms with E-state index in [2.05, 4.69) is 37.8 Å². The minimum Gasteiger partial charge on any atom is -0.388 e. The van der Waals surface area contributed by atoms with Crippen LogP contribution in [-0.4, -0.2) is 52.1 Å². The summed E-state index contributed by atoms with van der Waals surface area (Å²) in [6, 6.07) is 8.45. The number of allylic oxidation sites excluding steroid dienone is 3. The van der Waals surface area contributed by atoms with Crippen molar-refractivity contribution >= 4 is 11.6 Å². The van der Waals surface area contributed by atoms with Crippen LogP contribution in [0.3, 0.4) is 0 Å². The van der Waals surface area contributed by atoms with Gasteiger partial charge in [-0.15, -0.1) is 0 Å². The Morgan fingerprint density at radius 2 is 1.83 bits per heavy atom. The van der Waals surface area contributed by atoms with Crippen molar-refractivity contribution in [2.75, 3.05) is 6.61 Å². The van der Waals surface area contributed by atoms with Crippen LogP contribution >= 0.6 is 11.6 Å². The Morgan fingerprint density at radius 3 is 2.45 bits per heavy atom. The van der Waals surface area contributed by atoms with Crippen LogP contribution in [0.2, 0.25) is 0 Å². The molecular formula is C23H29ClO5. The molecule has 0 aromatic heterocycles. The molecule has 1 aromatic rings. The lowest BCUT2D eigenvalue weighted by Crippen LogP contribution is -2.64. The number of halogens is 1. The van der Waals surface area contributed by atoms with Gasteiger partial charge in [0, 0.05) is 10.6 Å². The Hall–Kier alpha value is -1.47. The molecule has 0 radical (unpaired) electrons. The third-order valence-corrected chi connectivity index (χ3v) is 6.20. The molecular weight excluding hydrogens is 392 g/mol.